The van der Waals surface area contributed by atoms with Gasteiger partial charge in [0, 0.05) is 5.56 Å². The summed E-state index contributed by atoms with van der Waals surface area (Å²) in [7, 11) is 0. The topological polar surface area (TPSA) is 40.5 Å². The molecule has 2 aromatic carbocycles. The lowest BCUT2D eigenvalue weighted by molar-refractivity contribution is 0.249. The molecule has 2 heteroatoms. The summed E-state index contributed by atoms with van der Waals surface area (Å²) >= 11 is 0. The van der Waals surface area contributed by atoms with E-state index >= 15 is 0 Å². The summed E-state index contributed by atoms with van der Waals surface area (Å²) in [6, 6.07) is 8.27. The number of phenols is 2. The van der Waals surface area contributed by atoms with Crippen LogP contribution in [-0.4, -0.2) is 10.2 Å². The Balaban J connectivity index is 2.47. The van der Waals surface area contributed by atoms with Crippen molar-refractivity contribution in [2.75, 3.05) is 0 Å². The van der Waals surface area contributed by atoms with E-state index < -0.39 is 0 Å². The molecule has 2 nitrogen and oxygen atoms in total. The number of hydrogen-bond donors (Lipinski definition) is 2. The van der Waals surface area contributed by atoms with Crippen molar-refractivity contribution in [2.45, 2.75) is 80.1 Å². The fourth-order valence-electron chi connectivity index (χ4n) is 4.56. The van der Waals surface area contributed by atoms with E-state index in [0.29, 0.717) is 11.5 Å². The summed E-state index contributed by atoms with van der Waals surface area (Å²) < 4.78 is 0. The van der Waals surface area contributed by atoms with E-state index in [1.807, 2.05) is 26.0 Å². The second-order valence-corrected chi connectivity index (χ2v) is 9.87. The molecule has 0 spiro atoms. The minimum atomic E-state index is -0.177. The average Bonchev–Trinajstić information content (AvgIpc) is 2.51. The van der Waals surface area contributed by atoms with Gasteiger partial charge in [0.05, 0.1) is 0 Å². The van der Waals surface area contributed by atoms with Gasteiger partial charge in [-0.2, -0.15) is 0 Å². The lowest BCUT2D eigenvalue weighted by atomic mass is 9.67. The monoisotopic (exact) mass is 368 g/mol. The van der Waals surface area contributed by atoms with Crippen LogP contribution in [0.2, 0.25) is 0 Å². The molecule has 0 aliphatic heterocycles. The molecule has 0 amide bonds. The molecule has 0 aliphatic carbocycles. The van der Waals surface area contributed by atoms with Crippen LogP contribution in [0.5, 0.6) is 11.5 Å². The van der Waals surface area contributed by atoms with Crippen molar-refractivity contribution in [3.05, 3.63) is 57.6 Å². The molecule has 1 unspecified atom stereocenters. The molecule has 1 atom stereocenters. The molecule has 2 aromatic rings. The Kier molecular flexibility index (Phi) is 5.99. The van der Waals surface area contributed by atoms with Crippen LogP contribution in [0.3, 0.4) is 0 Å². The quantitative estimate of drug-likeness (QED) is 0.619. The number of benzene rings is 2. The highest BCUT2D eigenvalue weighted by Crippen LogP contribution is 2.45. The van der Waals surface area contributed by atoms with Crippen molar-refractivity contribution in [3.63, 3.8) is 0 Å². The number of phenolic OH excluding ortho intramolecular Hbond substituents is 2. The van der Waals surface area contributed by atoms with E-state index in [9.17, 15) is 10.2 Å². The van der Waals surface area contributed by atoms with Gasteiger partial charge in [0.2, 0.25) is 0 Å². The summed E-state index contributed by atoms with van der Waals surface area (Å²) in [6.07, 6.45) is 2.62. The van der Waals surface area contributed by atoms with Crippen molar-refractivity contribution in [1.29, 1.82) is 0 Å². The van der Waals surface area contributed by atoms with Gasteiger partial charge in [0.25, 0.3) is 0 Å². The van der Waals surface area contributed by atoms with Crippen LogP contribution >= 0.6 is 0 Å². The van der Waals surface area contributed by atoms with Gasteiger partial charge >= 0.3 is 0 Å². The van der Waals surface area contributed by atoms with Crippen LogP contribution in [0.25, 0.3) is 0 Å². The highest BCUT2D eigenvalue weighted by atomic mass is 16.3. The molecule has 0 heterocycles. The van der Waals surface area contributed by atoms with Crippen LogP contribution < -0.4 is 0 Å². The lowest BCUT2D eigenvalue weighted by Crippen LogP contribution is -2.29. The van der Waals surface area contributed by atoms with E-state index in [1.165, 1.54) is 11.1 Å². The maximum atomic E-state index is 10.8. The predicted molar refractivity (Wildman–Crippen MR) is 115 cm³/mol. The Morgan fingerprint density at radius 1 is 0.741 bits per heavy atom. The van der Waals surface area contributed by atoms with Crippen LogP contribution in [0.1, 0.15) is 73.9 Å². The standard InChI is InChI=1S/C25H36O2/c1-16-11-18(3)22(26)20(13-16)9-10-25(8,15-24(5,6)7)21-14-17(2)12-19(4)23(21)27/h11-14,26-27H,9-10,15H2,1-8H3. The summed E-state index contributed by atoms with van der Waals surface area (Å²) in [5.41, 5.74) is 6.18. The molecular weight excluding hydrogens is 332 g/mol. The molecule has 27 heavy (non-hydrogen) atoms. The fraction of sp³-hybridized carbons (Fsp3) is 0.520. The maximum absolute atomic E-state index is 10.8. The summed E-state index contributed by atoms with van der Waals surface area (Å²) in [5, 5.41) is 21.4. The SMILES string of the molecule is Cc1cc(C)c(O)c(CCC(C)(CC(C)(C)C)c2cc(C)cc(C)c2O)c1. The van der Waals surface area contributed by atoms with Crippen molar-refractivity contribution >= 4 is 0 Å². The third-order valence-corrected chi connectivity index (χ3v) is 5.49. The van der Waals surface area contributed by atoms with Gasteiger partial charge in [-0.15, -0.1) is 0 Å². The molecule has 2 N–H and O–H groups in total. The highest BCUT2D eigenvalue weighted by Gasteiger charge is 2.34. The first-order valence-corrected chi connectivity index (χ1v) is 9.92. The van der Waals surface area contributed by atoms with Gasteiger partial charge in [-0.1, -0.05) is 63.1 Å². The first kappa shape index (κ1) is 21.3. The van der Waals surface area contributed by atoms with E-state index in [4.69, 9.17) is 0 Å². The van der Waals surface area contributed by atoms with E-state index in [-0.39, 0.29) is 10.8 Å². The van der Waals surface area contributed by atoms with Crippen molar-refractivity contribution in [1.82, 2.24) is 0 Å². The molecular formula is C25H36O2. The van der Waals surface area contributed by atoms with Crippen molar-refractivity contribution in [3.8, 4) is 11.5 Å². The predicted octanol–water partition coefficient (Wildman–Crippen LogP) is 6.66. The molecule has 0 aromatic heterocycles. The van der Waals surface area contributed by atoms with Gasteiger partial charge < -0.3 is 10.2 Å². The molecule has 0 radical (unpaired) electrons. The number of rotatable bonds is 5. The van der Waals surface area contributed by atoms with Crippen molar-refractivity contribution in [2.24, 2.45) is 5.41 Å². The number of hydrogen-bond acceptors (Lipinski definition) is 2. The Morgan fingerprint density at radius 3 is 1.81 bits per heavy atom. The first-order chi connectivity index (χ1) is 12.3. The van der Waals surface area contributed by atoms with Gasteiger partial charge in [-0.25, -0.2) is 0 Å². The third-order valence-electron chi connectivity index (χ3n) is 5.49. The van der Waals surface area contributed by atoms with Crippen LogP contribution in [0.4, 0.5) is 0 Å². The van der Waals surface area contributed by atoms with Crippen molar-refractivity contribution < 1.29 is 10.2 Å². The number of aryl methyl sites for hydroxylation is 5. The molecule has 0 bridgehead atoms. The maximum Gasteiger partial charge on any atom is 0.122 e. The Morgan fingerprint density at radius 2 is 1.26 bits per heavy atom. The third kappa shape index (κ3) is 5.06. The summed E-state index contributed by atoms with van der Waals surface area (Å²) in [4.78, 5) is 0. The molecule has 148 valence electrons. The largest absolute Gasteiger partial charge is 0.507 e. The zero-order chi connectivity index (χ0) is 20.6. The second kappa shape index (κ2) is 7.58. The number of aromatic hydroxyl groups is 2. The molecule has 2 rings (SSSR count). The average molecular weight is 369 g/mol. The fourth-order valence-corrected chi connectivity index (χ4v) is 4.56. The molecule has 0 fully saturated rings. The van der Waals surface area contributed by atoms with E-state index in [1.54, 1.807) is 0 Å². The van der Waals surface area contributed by atoms with Gasteiger partial charge in [0.15, 0.2) is 0 Å². The van der Waals surface area contributed by atoms with E-state index in [2.05, 4.69) is 53.7 Å². The van der Waals surface area contributed by atoms with E-state index in [0.717, 1.165) is 41.5 Å². The molecule has 0 saturated carbocycles. The Bertz CT molecular complexity index is 827. The lowest BCUT2D eigenvalue weighted by Gasteiger charge is -2.37. The minimum Gasteiger partial charge on any atom is -0.507 e. The molecule has 0 saturated heterocycles. The van der Waals surface area contributed by atoms with Crippen LogP contribution in [0.15, 0.2) is 24.3 Å². The Labute approximate surface area is 165 Å². The molecule has 0 aliphatic rings. The zero-order valence-corrected chi connectivity index (χ0v) is 18.3. The normalized spacial score (nSPS) is 14.2. The minimum absolute atomic E-state index is 0.128. The second-order valence-electron chi connectivity index (χ2n) is 9.87. The van der Waals surface area contributed by atoms with Gasteiger partial charge in [0.1, 0.15) is 11.5 Å². The van der Waals surface area contributed by atoms with Crippen LogP contribution in [-0.2, 0) is 11.8 Å². The summed E-state index contributed by atoms with van der Waals surface area (Å²) in [5.74, 6) is 0.820. The first-order valence-electron chi connectivity index (χ1n) is 9.92. The smallest absolute Gasteiger partial charge is 0.122 e. The van der Waals surface area contributed by atoms with Gasteiger partial charge in [-0.3, -0.25) is 0 Å². The van der Waals surface area contributed by atoms with Crippen LogP contribution in [0, 0.1) is 33.1 Å². The Hall–Kier alpha value is -1.96. The zero-order valence-electron chi connectivity index (χ0n) is 18.3. The summed E-state index contributed by atoms with van der Waals surface area (Å²) in [6.45, 7) is 17.1. The highest BCUT2D eigenvalue weighted by molar-refractivity contribution is 5.48. The van der Waals surface area contributed by atoms with Gasteiger partial charge in [-0.05, 0) is 74.5 Å².